The molecule has 0 unspecified atom stereocenters. The number of rotatable bonds is 13. The third kappa shape index (κ3) is 13.9. The molecule has 0 aromatic heterocycles. The normalized spacial score (nSPS) is 15.6. The van der Waals surface area contributed by atoms with E-state index in [9.17, 15) is 4.79 Å². The number of hydrogen-bond donors (Lipinski definition) is 6. The van der Waals surface area contributed by atoms with Crippen LogP contribution in [0, 0.1) is 0 Å². The van der Waals surface area contributed by atoms with E-state index in [2.05, 4.69) is 47.3 Å². The number of amides is 1. The fourth-order valence-electron chi connectivity index (χ4n) is 5.10. The molecule has 0 spiro atoms. The summed E-state index contributed by atoms with van der Waals surface area (Å²) in [6, 6.07) is 15.4. The largest absolute Gasteiger partial charge is 0.399 e. The Hall–Kier alpha value is -3.50. The van der Waals surface area contributed by atoms with E-state index in [1.807, 2.05) is 62.4 Å². The Bertz CT molecular complexity index is 1210. The minimum atomic E-state index is -0.549. The van der Waals surface area contributed by atoms with Crippen LogP contribution in [-0.2, 0) is 4.74 Å². The average Bonchev–Trinajstić information content (AvgIpc) is 3.04. The van der Waals surface area contributed by atoms with Crippen molar-refractivity contribution in [3.05, 3.63) is 77.6 Å². The highest BCUT2D eigenvalue weighted by molar-refractivity contribution is 5.95. The van der Waals surface area contributed by atoms with Gasteiger partial charge in [-0.05, 0) is 68.7 Å². The fraction of sp³-hybridized carbons (Fsp3) is 0.514. The summed E-state index contributed by atoms with van der Waals surface area (Å²) < 4.78 is 4.73. The second kappa shape index (κ2) is 22.1. The van der Waals surface area contributed by atoms with Gasteiger partial charge in [-0.25, -0.2) is 0 Å². The van der Waals surface area contributed by atoms with Gasteiger partial charge in [-0.1, -0.05) is 75.8 Å². The van der Waals surface area contributed by atoms with Crippen molar-refractivity contribution in [1.82, 2.24) is 21.3 Å². The smallest absolute Gasteiger partial charge is 0.252 e. The average molecular weight is 634 g/mol. The molecule has 0 atom stereocenters. The van der Waals surface area contributed by atoms with Crippen LogP contribution in [0.25, 0.3) is 11.1 Å². The lowest BCUT2D eigenvalue weighted by Gasteiger charge is -2.43. The molecule has 1 aliphatic carbocycles. The van der Waals surface area contributed by atoms with E-state index < -0.39 is 5.54 Å². The standard InChI is InChI=1S/C27H35N5O.C6H12.C4H12N2O/c1-5-7-24(30-6-2)16-25(31-19(3)4)27(17-29-18-27)32-26(33)22-10-8-20(9-11-22)21-12-14-23(28)15-13-21;1-2-4-6-5-3-1;1-7-3-2-6-4-5/h7-16,29-30H,5-6,17-18,28H2,1-4H3,(H,32,33);1-6H2;6H,2-5H2,1H3/b24-7-,25-16-;;. The molecule has 1 aliphatic heterocycles. The number of likely N-dealkylation sites (N-methyl/N-ethyl adjacent to an activating group) is 1. The van der Waals surface area contributed by atoms with E-state index >= 15 is 0 Å². The summed E-state index contributed by atoms with van der Waals surface area (Å²) in [5.41, 5.74) is 16.6. The molecule has 1 saturated carbocycles. The fourth-order valence-corrected chi connectivity index (χ4v) is 5.10. The number of nitrogen functional groups attached to an aromatic ring is 1. The van der Waals surface area contributed by atoms with Gasteiger partial charge in [0, 0.05) is 62.6 Å². The Kier molecular flexibility index (Phi) is 18.6. The number of anilines is 1. The van der Waals surface area contributed by atoms with Gasteiger partial charge >= 0.3 is 0 Å². The number of benzene rings is 2. The number of carbonyl (C=O) groups is 1. The van der Waals surface area contributed by atoms with Gasteiger partial charge in [0.1, 0.15) is 5.54 Å². The van der Waals surface area contributed by atoms with Crippen LogP contribution in [-0.4, -0.2) is 63.7 Å². The van der Waals surface area contributed by atoms with Crippen LogP contribution in [0.15, 0.2) is 77.1 Å². The summed E-state index contributed by atoms with van der Waals surface area (Å²) >= 11 is 0. The summed E-state index contributed by atoms with van der Waals surface area (Å²) in [5, 5.41) is 12.9. The third-order valence-electron chi connectivity index (χ3n) is 7.66. The molecule has 1 amide bonds. The van der Waals surface area contributed by atoms with Crippen LogP contribution < -0.4 is 32.7 Å². The first-order valence-corrected chi connectivity index (χ1v) is 16.9. The van der Waals surface area contributed by atoms with Gasteiger partial charge in [-0.15, -0.1) is 0 Å². The highest BCUT2D eigenvalue weighted by atomic mass is 16.5. The zero-order valence-corrected chi connectivity index (χ0v) is 28.9. The highest BCUT2D eigenvalue weighted by Gasteiger charge is 2.42. The number of aliphatic imine (C=N–C) groups is 1. The second-order valence-electron chi connectivity index (χ2n) is 11.8. The number of hydrogen-bond acceptors (Lipinski definition) is 8. The predicted molar refractivity (Wildman–Crippen MR) is 195 cm³/mol. The topological polar surface area (TPSA) is 139 Å². The van der Waals surface area contributed by atoms with Crippen molar-refractivity contribution in [3.63, 3.8) is 0 Å². The van der Waals surface area contributed by atoms with Crippen LogP contribution in [0.1, 0.15) is 83.0 Å². The lowest BCUT2D eigenvalue weighted by molar-refractivity contribution is 0.0883. The molecule has 254 valence electrons. The first-order valence-electron chi connectivity index (χ1n) is 16.9. The van der Waals surface area contributed by atoms with Crippen LogP contribution in [0.2, 0.25) is 0 Å². The van der Waals surface area contributed by atoms with Crippen molar-refractivity contribution in [2.24, 2.45) is 10.7 Å². The SMILES string of the molecule is C1CCCCC1.CC/C=C(/C=C(\N=C(C)C)C1(NC(=O)c2ccc(-c3ccc(N)cc3)cc2)CNC1)NCC.COCCNCN. The van der Waals surface area contributed by atoms with Crippen molar-refractivity contribution in [2.45, 2.75) is 78.2 Å². The van der Waals surface area contributed by atoms with Gasteiger partial charge < -0.3 is 37.5 Å². The van der Waals surface area contributed by atoms with E-state index in [4.69, 9.17) is 21.2 Å². The highest BCUT2D eigenvalue weighted by Crippen LogP contribution is 2.26. The molecule has 46 heavy (non-hydrogen) atoms. The first kappa shape index (κ1) is 38.7. The third-order valence-corrected chi connectivity index (χ3v) is 7.66. The molecule has 0 radical (unpaired) electrons. The van der Waals surface area contributed by atoms with Gasteiger partial charge in [0.05, 0.1) is 12.3 Å². The molecule has 0 bridgehead atoms. The molecule has 2 aliphatic rings. The van der Waals surface area contributed by atoms with Crippen LogP contribution in [0.4, 0.5) is 5.69 Å². The van der Waals surface area contributed by atoms with Crippen LogP contribution in [0.3, 0.4) is 0 Å². The molecule has 1 saturated heterocycles. The van der Waals surface area contributed by atoms with Crippen molar-refractivity contribution >= 4 is 17.3 Å². The maximum absolute atomic E-state index is 13.2. The Balaban J connectivity index is 0.000000469. The molecule has 8 N–H and O–H groups in total. The molecule has 9 nitrogen and oxygen atoms in total. The molecule has 1 heterocycles. The minimum Gasteiger partial charge on any atom is -0.399 e. The Morgan fingerprint density at radius 1 is 0.957 bits per heavy atom. The van der Waals surface area contributed by atoms with Gasteiger partial charge in [0.15, 0.2) is 0 Å². The van der Waals surface area contributed by atoms with Crippen molar-refractivity contribution in [3.8, 4) is 11.1 Å². The maximum atomic E-state index is 13.2. The van der Waals surface area contributed by atoms with E-state index in [1.165, 1.54) is 38.5 Å². The van der Waals surface area contributed by atoms with E-state index in [-0.39, 0.29) is 5.91 Å². The zero-order valence-electron chi connectivity index (χ0n) is 28.9. The molecule has 2 aromatic carbocycles. The maximum Gasteiger partial charge on any atom is 0.252 e. The van der Waals surface area contributed by atoms with Gasteiger partial charge in [-0.3, -0.25) is 9.79 Å². The summed E-state index contributed by atoms with van der Waals surface area (Å²) in [5.74, 6) is -0.111. The monoisotopic (exact) mass is 633 g/mol. The summed E-state index contributed by atoms with van der Waals surface area (Å²) in [6.07, 6.45) is 14.1. The summed E-state index contributed by atoms with van der Waals surface area (Å²) in [6.45, 7) is 12.3. The van der Waals surface area contributed by atoms with Gasteiger partial charge in [0.25, 0.3) is 5.91 Å². The van der Waals surface area contributed by atoms with Gasteiger partial charge in [-0.2, -0.15) is 0 Å². The Morgan fingerprint density at radius 3 is 1.96 bits per heavy atom. The Labute approximate surface area is 277 Å². The summed E-state index contributed by atoms with van der Waals surface area (Å²) in [4.78, 5) is 18.0. The van der Waals surface area contributed by atoms with Gasteiger partial charge in [0.2, 0.25) is 0 Å². The number of nitrogens with one attached hydrogen (secondary N) is 4. The van der Waals surface area contributed by atoms with Crippen LogP contribution in [0.5, 0.6) is 0 Å². The zero-order chi connectivity index (χ0) is 33.6. The van der Waals surface area contributed by atoms with Crippen LogP contribution >= 0.6 is 0 Å². The van der Waals surface area contributed by atoms with E-state index in [0.29, 0.717) is 25.3 Å². The predicted octanol–water partition coefficient (Wildman–Crippen LogP) is 5.75. The number of allylic oxidation sites excluding steroid dienone is 2. The number of methoxy groups -OCH3 is 1. The molecule has 9 heteroatoms. The quantitative estimate of drug-likeness (QED) is 0.0543. The number of carbonyl (C=O) groups excluding carboxylic acids is 1. The molecule has 4 rings (SSSR count). The number of ether oxygens (including phenoxy) is 1. The number of nitrogens with zero attached hydrogens (tertiary/aromatic N) is 1. The van der Waals surface area contributed by atoms with Crippen molar-refractivity contribution < 1.29 is 9.53 Å². The molecule has 2 fully saturated rings. The molecular formula is C37H59N7O2. The lowest BCUT2D eigenvalue weighted by Crippen LogP contribution is -2.69. The second-order valence-corrected chi connectivity index (χ2v) is 11.8. The Morgan fingerprint density at radius 2 is 1.52 bits per heavy atom. The summed E-state index contributed by atoms with van der Waals surface area (Å²) in [7, 11) is 1.66. The van der Waals surface area contributed by atoms with Crippen molar-refractivity contribution in [2.75, 3.05) is 52.3 Å². The molecular weight excluding hydrogens is 574 g/mol. The van der Waals surface area contributed by atoms with E-state index in [1.54, 1.807) is 7.11 Å². The molecule has 2 aromatic rings. The minimum absolute atomic E-state index is 0.111. The van der Waals surface area contributed by atoms with Crippen molar-refractivity contribution in [1.29, 1.82) is 0 Å². The van der Waals surface area contributed by atoms with E-state index in [0.717, 1.165) is 60.0 Å². The lowest BCUT2D eigenvalue weighted by atomic mass is 9.87. The first-order chi connectivity index (χ1) is 22.3. The number of nitrogens with two attached hydrogens (primary N) is 2.